The van der Waals surface area contributed by atoms with Crippen molar-refractivity contribution in [3.63, 3.8) is 0 Å². The molecule has 1 N–H and O–H groups in total. The number of piperidine rings is 1. The molecule has 1 amide bonds. The molecule has 2 aromatic heterocycles. The highest BCUT2D eigenvalue weighted by Crippen LogP contribution is 2.34. The fourth-order valence-corrected chi connectivity index (χ4v) is 5.39. The molecule has 0 bridgehead atoms. The van der Waals surface area contributed by atoms with Crippen LogP contribution in [0.5, 0.6) is 5.75 Å². The van der Waals surface area contributed by atoms with Crippen LogP contribution in [0.3, 0.4) is 0 Å². The Balaban J connectivity index is 1.31. The molecule has 0 aliphatic carbocycles. The normalized spacial score (nSPS) is 16.1. The lowest BCUT2D eigenvalue weighted by molar-refractivity contribution is -0.125. The number of hydrogen-bond donors (Lipinski definition) is 1. The van der Waals surface area contributed by atoms with Crippen LogP contribution >= 0.6 is 11.3 Å². The van der Waals surface area contributed by atoms with Crippen molar-refractivity contribution < 1.29 is 9.53 Å². The van der Waals surface area contributed by atoms with Gasteiger partial charge in [0.1, 0.15) is 5.75 Å². The molecule has 0 unspecified atom stereocenters. The summed E-state index contributed by atoms with van der Waals surface area (Å²) < 4.78 is 8.24. The van der Waals surface area contributed by atoms with Gasteiger partial charge >= 0.3 is 0 Å². The van der Waals surface area contributed by atoms with E-state index >= 15 is 0 Å². The van der Waals surface area contributed by atoms with Gasteiger partial charge in [-0.05, 0) is 56.5 Å². The highest BCUT2D eigenvalue weighted by Gasteiger charge is 2.28. The van der Waals surface area contributed by atoms with Gasteiger partial charge in [0.2, 0.25) is 5.91 Å². The standard InChI is InChI=1S/C26H29N5O2S/c1-17-6-8-19(9-7-17)15-27-25(32)20-5-4-14-30(16-20)26-28-24-23(34-26)18(2)29-31(24)21-10-12-22(33-3)13-11-21/h6-13,20H,4-5,14-16H2,1-3H3,(H,27,32)/t20-/m0/s1. The number of carbonyl (C=O) groups excluding carboxylic acids is 1. The van der Waals surface area contributed by atoms with Gasteiger partial charge in [-0.2, -0.15) is 10.1 Å². The Bertz CT molecular complexity index is 1290. The summed E-state index contributed by atoms with van der Waals surface area (Å²) in [4.78, 5) is 20.1. The lowest BCUT2D eigenvalue weighted by Crippen LogP contribution is -2.43. The predicted molar refractivity (Wildman–Crippen MR) is 136 cm³/mol. The van der Waals surface area contributed by atoms with E-state index in [-0.39, 0.29) is 11.8 Å². The molecular weight excluding hydrogens is 446 g/mol. The third kappa shape index (κ3) is 4.50. The average Bonchev–Trinajstić information content (AvgIpc) is 3.44. The number of fused-ring (bicyclic) bond motifs is 1. The zero-order valence-electron chi connectivity index (χ0n) is 19.7. The third-order valence-corrected chi connectivity index (χ3v) is 7.56. The van der Waals surface area contributed by atoms with Crippen LogP contribution in [0.2, 0.25) is 0 Å². The second kappa shape index (κ2) is 9.46. The van der Waals surface area contributed by atoms with Gasteiger partial charge in [-0.1, -0.05) is 41.2 Å². The van der Waals surface area contributed by atoms with Crippen molar-refractivity contribution in [3.05, 3.63) is 65.4 Å². The number of anilines is 1. The van der Waals surface area contributed by atoms with Gasteiger partial charge in [0.25, 0.3) is 0 Å². The maximum Gasteiger partial charge on any atom is 0.225 e. The van der Waals surface area contributed by atoms with Crippen molar-refractivity contribution in [2.75, 3.05) is 25.1 Å². The molecule has 1 aliphatic heterocycles. The first-order chi connectivity index (χ1) is 16.5. The van der Waals surface area contributed by atoms with Crippen LogP contribution in [0.4, 0.5) is 5.13 Å². The summed E-state index contributed by atoms with van der Waals surface area (Å²) in [6.07, 6.45) is 1.88. The van der Waals surface area contributed by atoms with Crippen molar-refractivity contribution in [2.45, 2.75) is 33.2 Å². The number of carbonyl (C=O) groups is 1. The highest BCUT2D eigenvalue weighted by molar-refractivity contribution is 7.22. The quantitative estimate of drug-likeness (QED) is 0.440. The average molecular weight is 476 g/mol. The molecule has 1 atom stereocenters. The molecule has 7 nitrogen and oxygen atoms in total. The van der Waals surface area contributed by atoms with E-state index in [1.807, 2.05) is 35.9 Å². The molecule has 0 radical (unpaired) electrons. The summed E-state index contributed by atoms with van der Waals surface area (Å²) in [5.41, 5.74) is 5.10. The van der Waals surface area contributed by atoms with E-state index in [1.165, 1.54) is 5.56 Å². The minimum absolute atomic E-state index is 0.0367. The summed E-state index contributed by atoms with van der Waals surface area (Å²) in [6.45, 7) is 6.24. The van der Waals surface area contributed by atoms with Crippen LogP contribution in [0, 0.1) is 19.8 Å². The smallest absolute Gasteiger partial charge is 0.225 e. The van der Waals surface area contributed by atoms with E-state index in [2.05, 4.69) is 41.4 Å². The molecule has 34 heavy (non-hydrogen) atoms. The number of rotatable bonds is 6. The van der Waals surface area contributed by atoms with Crippen LogP contribution in [-0.4, -0.2) is 40.9 Å². The third-order valence-electron chi connectivity index (χ3n) is 6.34. The number of aryl methyl sites for hydroxylation is 2. The lowest BCUT2D eigenvalue weighted by atomic mass is 9.97. The van der Waals surface area contributed by atoms with Crippen LogP contribution in [0.25, 0.3) is 16.0 Å². The van der Waals surface area contributed by atoms with Gasteiger partial charge in [-0.3, -0.25) is 4.79 Å². The Morgan fingerprint density at radius 3 is 2.65 bits per heavy atom. The number of amides is 1. The minimum Gasteiger partial charge on any atom is -0.497 e. The second-order valence-corrected chi connectivity index (χ2v) is 9.81. The predicted octanol–water partition coefficient (Wildman–Crippen LogP) is 4.64. The Morgan fingerprint density at radius 1 is 1.15 bits per heavy atom. The van der Waals surface area contributed by atoms with E-state index in [0.717, 1.165) is 57.6 Å². The number of aromatic nitrogens is 3. The van der Waals surface area contributed by atoms with Gasteiger partial charge in [-0.15, -0.1) is 0 Å². The fraction of sp³-hybridized carbons (Fsp3) is 0.346. The number of hydrogen-bond acceptors (Lipinski definition) is 6. The molecular formula is C26H29N5O2S. The zero-order valence-corrected chi connectivity index (χ0v) is 20.6. The van der Waals surface area contributed by atoms with Crippen molar-refractivity contribution >= 4 is 32.7 Å². The summed E-state index contributed by atoms with van der Waals surface area (Å²) >= 11 is 1.65. The van der Waals surface area contributed by atoms with Crippen molar-refractivity contribution in [1.82, 2.24) is 20.1 Å². The highest BCUT2D eigenvalue weighted by atomic mass is 32.1. The Labute approximate surface area is 203 Å². The molecule has 4 aromatic rings. The molecule has 0 spiro atoms. The van der Waals surface area contributed by atoms with E-state index in [4.69, 9.17) is 14.8 Å². The number of methoxy groups -OCH3 is 1. The summed E-state index contributed by atoms with van der Waals surface area (Å²) in [6, 6.07) is 16.1. The van der Waals surface area contributed by atoms with E-state index in [1.54, 1.807) is 18.4 Å². The first-order valence-electron chi connectivity index (χ1n) is 11.6. The maximum absolute atomic E-state index is 12.9. The first kappa shape index (κ1) is 22.4. The molecule has 2 aromatic carbocycles. The van der Waals surface area contributed by atoms with E-state index in [9.17, 15) is 4.79 Å². The van der Waals surface area contributed by atoms with Gasteiger partial charge in [0.15, 0.2) is 10.8 Å². The van der Waals surface area contributed by atoms with E-state index in [0.29, 0.717) is 13.1 Å². The molecule has 5 rings (SSSR count). The fourth-order valence-electron chi connectivity index (χ4n) is 4.37. The molecule has 1 aliphatic rings. The number of nitrogens with zero attached hydrogens (tertiary/aromatic N) is 4. The molecule has 1 saturated heterocycles. The Morgan fingerprint density at radius 2 is 1.91 bits per heavy atom. The monoisotopic (exact) mass is 475 g/mol. The second-order valence-electron chi connectivity index (χ2n) is 8.83. The van der Waals surface area contributed by atoms with Crippen molar-refractivity contribution in [1.29, 1.82) is 0 Å². The zero-order chi connectivity index (χ0) is 23.7. The Kier molecular flexibility index (Phi) is 6.24. The summed E-state index contributed by atoms with van der Waals surface area (Å²) in [5.74, 6) is 0.889. The van der Waals surface area contributed by atoms with Gasteiger partial charge in [0.05, 0.1) is 29.1 Å². The first-order valence-corrected chi connectivity index (χ1v) is 12.4. The SMILES string of the molecule is COc1ccc(-n2nc(C)c3sc(N4CCC[C@H](C(=O)NCc5ccc(C)cc5)C4)nc32)cc1. The number of ether oxygens (including phenoxy) is 1. The number of benzene rings is 2. The summed E-state index contributed by atoms with van der Waals surface area (Å²) in [5, 5.41) is 8.78. The van der Waals surface area contributed by atoms with Crippen LogP contribution in [-0.2, 0) is 11.3 Å². The van der Waals surface area contributed by atoms with Gasteiger partial charge < -0.3 is 15.0 Å². The number of thiazole rings is 1. The lowest BCUT2D eigenvalue weighted by Gasteiger charge is -2.31. The molecule has 8 heteroatoms. The van der Waals surface area contributed by atoms with Crippen molar-refractivity contribution in [2.24, 2.45) is 5.92 Å². The topological polar surface area (TPSA) is 72.3 Å². The van der Waals surface area contributed by atoms with Crippen LogP contribution < -0.4 is 15.0 Å². The molecule has 176 valence electrons. The van der Waals surface area contributed by atoms with Gasteiger partial charge in [0, 0.05) is 19.6 Å². The van der Waals surface area contributed by atoms with Crippen LogP contribution in [0.15, 0.2) is 48.5 Å². The van der Waals surface area contributed by atoms with Crippen molar-refractivity contribution in [3.8, 4) is 11.4 Å². The van der Waals surface area contributed by atoms with Gasteiger partial charge in [-0.25, -0.2) is 4.68 Å². The molecule has 0 saturated carbocycles. The largest absolute Gasteiger partial charge is 0.497 e. The van der Waals surface area contributed by atoms with E-state index < -0.39 is 0 Å². The minimum atomic E-state index is -0.0367. The molecule has 3 heterocycles. The maximum atomic E-state index is 12.9. The van der Waals surface area contributed by atoms with Crippen LogP contribution in [0.1, 0.15) is 29.7 Å². The number of nitrogens with one attached hydrogen (secondary N) is 1. The molecule has 1 fully saturated rings. The Hall–Kier alpha value is -3.39. The summed E-state index contributed by atoms with van der Waals surface area (Å²) in [7, 11) is 1.66.